The number of piperidine rings is 1. The number of nitrogens with zero attached hydrogens (tertiary/aromatic N) is 5. The molecular weight excluding hydrogens is 568 g/mol. The van der Waals surface area contributed by atoms with Crippen molar-refractivity contribution in [3.05, 3.63) is 52.8 Å². The molecule has 13 heteroatoms. The van der Waals surface area contributed by atoms with Gasteiger partial charge in [0.15, 0.2) is 11.4 Å². The molecule has 1 unspecified atom stereocenters. The van der Waals surface area contributed by atoms with Gasteiger partial charge in [0.2, 0.25) is 17.7 Å². The summed E-state index contributed by atoms with van der Waals surface area (Å²) in [6.45, 7) is 6.45. The predicted molar refractivity (Wildman–Crippen MR) is 165 cm³/mol. The molecule has 3 N–H and O–H groups in total. The first-order chi connectivity index (χ1) is 20.9. The van der Waals surface area contributed by atoms with Gasteiger partial charge in [0.05, 0.1) is 17.0 Å². The molecule has 2 fully saturated rings. The number of hydrogen-bond acceptors (Lipinski definition) is 11. The van der Waals surface area contributed by atoms with Crippen LogP contribution in [0.3, 0.4) is 0 Å². The zero-order valence-corrected chi connectivity index (χ0v) is 25.0. The van der Waals surface area contributed by atoms with Crippen LogP contribution in [0.2, 0.25) is 0 Å². The predicted octanol–water partition coefficient (Wildman–Crippen LogP) is 3.64. The van der Waals surface area contributed by atoms with Gasteiger partial charge in [-0.15, -0.1) is 0 Å². The molecule has 0 bridgehead atoms. The fraction of sp³-hybridized carbons (Fsp3) is 0.433. The van der Waals surface area contributed by atoms with E-state index >= 15 is 0 Å². The number of hydrogen-bond donors (Lipinski definition) is 3. The van der Waals surface area contributed by atoms with Crippen LogP contribution in [0, 0.1) is 6.92 Å². The van der Waals surface area contributed by atoms with Crippen LogP contribution in [0.15, 0.2) is 36.5 Å². The fourth-order valence-electron chi connectivity index (χ4n) is 5.35. The third kappa shape index (κ3) is 8.42. The van der Waals surface area contributed by atoms with Crippen LogP contribution in [0.25, 0.3) is 0 Å². The summed E-state index contributed by atoms with van der Waals surface area (Å²) in [7, 11) is 0. The van der Waals surface area contributed by atoms with Crippen molar-refractivity contribution in [2.45, 2.75) is 51.4 Å². The van der Waals surface area contributed by atoms with Crippen molar-refractivity contribution < 1.29 is 19.2 Å². The van der Waals surface area contributed by atoms with E-state index in [2.05, 4.69) is 40.7 Å². The highest BCUT2D eigenvalue weighted by Crippen LogP contribution is 2.27. The number of unbranched alkanes of at least 4 members (excludes halogenated alkanes) is 2. The maximum atomic E-state index is 12.5. The van der Waals surface area contributed by atoms with Crippen molar-refractivity contribution in [2.24, 2.45) is 0 Å². The minimum atomic E-state index is -0.372. The lowest BCUT2D eigenvalue weighted by molar-refractivity contribution is -0.134. The number of amides is 3. The molecule has 2 aliphatic heterocycles. The number of aromatic nitrogens is 3. The molecule has 0 aliphatic carbocycles. The second-order valence-corrected chi connectivity index (χ2v) is 11.8. The highest BCUT2D eigenvalue weighted by Gasteiger charge is 2.28. The topological polar surface area (TPSA) is 150 Å². The van der Waals surface area contributed by atoms with E-state index in [0.29, 0.717) is 46.6 Å². The number of benzene rings is 1. The summed E-state index contributed by atoms with van der Waals surface area (Å²) in [5, 5.41) is 9.12. The summed E-state index contributed by atoms with van der Waals surface area (Å²) < 4.78 is 0. The van der Waals surface area contributed by atoms with Gasteiger partial charge in [-0.2, -0.15) is 0 Å². The lowest BCUT2D eigenvalue weighted by Crippen LogP contribution is -2.47. The number of thiazole rings is 1. The van der Waals surface area contributed by atoms with Gasteiger partial charge in [-0.25, -0.2) is 15.0 Å². The maximum absolute atomic E-state index is 12.5. The molecule has 5 rings (SSSR count). The van der Waals surface area contributed by atoms with Crippen molar-refractivity contribution in [3.8, 4) is 0 Å². The van der Waals surface area contributed by atoms with Crippen molar-refractivity contribution in [3.63, 3.8) is 0 Å². The summed E-state index contributed by atoms with van der Waals surface area (Å²) in [6, 6.07) is 9.24. The number of carbonyl (C=O) groups is 4. The Morgan fingerprint density at radius 3 is 2.72 bits per heavy atom. The minimum absolute atomic E-state index is 0.0397. The normalized spacial score (nSPS) is 17.4. The summed E-state index contributed by atoms with van der Waals surface area (Å²) in [4.78, 5) is 65.6. The van der Waals surface area contributed by atoms with Gasteiger partial charge in [-0.1, -0.05) is 29.9 Å². The SMILES string of the molecule is Cc1nc(Nc2ncc(C=O)s2)cc(N2CCN(CCCCCC(=O)Nc3cccc(C4CCC(=O)NC4=O)c3)CC2)n1. The van der Waals surface area contributed by atoms with E-state index in [1.54, 1.807) is 0 Å². The molecule has 43 heavy (non-hydrogen) atoms. The van der Waals surface area contributed by atoms with Crippen LogP contribution in [0.5, 0.6) is 0 Å². The number of nitrogens with one attached hydrogen (secondary N) is 3. The average molecular weight is 605 g/mol. The number of rotatable bonds is 12. The summed E-state index contributed by atoms with van der Waals surface area (Å²) in [5.74, 6) is 1.26. The fourth-order valence-corrected chi connectivity index (χ4v) is 5.99. The smallest absolute Gasteiger partial charge is 0.234 e. The molecule has 3 amide bonds. The van der Waals surface area contributed by atoms with Gasteiger partial charge in [0.25, 0.3) is 0 Å². The van der Waals surface area contributed by atoms with Crippen LogP contribution in [-0.2, 0) is 14.4 Å². The number of piperazine rings is 1. The van der Waals surface area contributed by atoms with E-state index in [4.69, 9.17) is 0 Å². The van der Waals surface area contributed by atoms with E-state index < -0.39 is 0 Å². The van der Waals surface area contributed by atoms with Crippen molar-refractivity contribution in [1.82, 2.24) is 25.2 Å². The van der Waals surface area contributed by atoms with Crippen molar-refractivity contribution in [1.29, 1.82) is 0 Å². The summed E-state index contributed by atoms with van der Waals surface area (Å²) >= 11 is 1.28. The molecule has 1 atom stereocenters. The molecule has 3 aromatic rings. The first-order valence-electron chi connectivity index (χ1n) is 14.6. The van der Waals surface area contributed by atoms with Crippen LogP contribution < -0.4 is 20.9 Å². The van der Waals surface area contributed by atoms with Gasteiger partial charge < -0.3 is 15.5 Å². The number of aldehydes is 1. The standard InChI is InChI=1S/C30H36N8O4S/c1-20-32-25(35-30-31-18-23(19-39)43-30)17-26(33-20)38-14-12-37(13-15-38)11-4-2-3-8-27(40)34-22-7-5-6-21(16-22)24-9-10-28(41)36-29(24)42/h5-7,16-19,24H,2-4,8-15H2,1H3,(H,34,40)(H,36,41,42)(H,31,32,33,35). The average Bonchev–Trinajstić information content (AvgIpc) is 3.44. The van der Waals surface area contributed by atoms with Gasteiger partial charge in [-0.3, -0.25) is 29.4 Å². The van der Waals surface area contributed by atoms with E-state index in [9.17, 15) is 19.2 Å². The molecule has 2 saturated heterocycles. The Kier molecular flexibility index (Phi) is 10.1. The second-order valence-electron chi connectivity index (χ2n) is 10.8. The van der Waals surface area contributed by atoms with Crippen molar-refractivity contribution >= 4 is 57.8 Å². The van der Waals surface area contributed by atoms with Gasteiger partial charge in [0.1, 0.15) is 17.5 Å². The maximum Gasteiger partial charge on any atom is 0.234 e. The van der Waals surface area contributed by atoms with E-state index in [0.717, 1.165) is 69.7 Å². The second kappa shape index (κ2) is 14.3. The molecule has 1 aromatic carbocycles. The quantitative estimate of drug-likeness (QED) is 0.159. The Hall–Kier alpha value is -4.23. The largest absolute Gasteiger partial charge is 0.354 e. The first kappa shape index (κ1) is 30.2. The highest BCUT2D eigenvalue weighted by molar-refractivity contribution is 7.17. The molecule has 2 aliphatic rings. The van der Waals surface area contributed by atoms with Crippen LogP contribution in [-0.4, -0.2) is 76.6 Å². The van der Waals surface area contributed by atoms with Crippen LogP contribution >= 0.6 is 11.3 Å². The Bertz CT molecular complexity index is 1470. The third-order valence-electron chi connectivity index (χ3n) is 7.59. The Morgan fingerprint density at radius 1 is 1.12 bits per heavy atom. The highest BCUT2D eigenvalue weighted by atomic mass is 32.1. The summed E-state index contributed by atoms with van der Waals surface area (Å²) in [6.07, 6.45) is 6.36. The molecule has 0 saturated carbocycles. The number of aryl methyl sites for hydroxylation is 1. The zero-order chi connectivity index (χ0) is 30.2. The molecule has 12 nitrogen and oxygen atoms in total. The summed E-state index contributed by atoms with van der Waals surface area (Å²) in [5.41, 5.74) is 1.47. The molecule has 226 valence electrons. The van der Waals surface area contributed by atoms with E-state index in [-0.39, 0.29) is 23.6 Å². The molecule has 2 aromatic heterocycles. The molecule has 0 radical (unpaired) electrons. The Balaban J connectivity index is 0.997. The minimum Gasteiger partial charge on any atom is -0.354 e. The Labute approximate surface area is 254 Å². The van der Waals surface area contributed by atoms with Crippen molar-refractivity contribution in [2.75, 3.05) is 48.3 Å². The lowest BCUT2D eigenvalue weighted by atomic mass is 9.90. The van der Waals surface area contributed by atoms with E-state index in [1.807, 2.05) is 37.3 Å². The number of carbonyl (C=O) groups excluding carboxylic acids is 4. The van der Waals surface area contributed by atoms with Crippen LogP contribution in [0.4, 0.5) is 22.5 Å². The zero-order valence-electron chi connectivity index (χ0n) is 24.2. The third-order valence-corrected chi connectivity index (χ3v) is 8.42. The lowest BCUT2D eigenvalue weighted by Gasteiger charge is -2.35. The van der Waals surface area contributed by atoms with Gasteiger partial charge in [0, 0.05) is 50.8 Å². The monoisotopic (exact) mass is 604 g/mol. The van der Waals surface area contributed by atoms with Gasteiger partial charge >= 0.3 is 0 Å². The molecular formula is C30H36N8O4S. The molecule has 0 spiro atoms. The Morgan fingerprint density at radius 2 is 1.95 bits per heavy atom. The van der Waals surface area contributed by atoms with Gasteiger partial charge in [-0.05, 0) is 50.4 Å². The molecule has 4 heterocycles. The van der Waals surface area contributed by atoms with E-state index in [1.165, 1.54) is 17.5 Å². The first-order valence-corrected chi connectivity index (χ1v) is 15.4. The van der Waals surface area contributed by atoms with Crippen LogP contribution in [0.1, 0.15) is 65.5 Å². The number of imide groups is 1. The number of anilines is 4.